The van der Waals surface area contributed by atoms with Gasteiger partial charge in [0, 0.05) is 28.5 Å². The fraction of sp³-hybridized carbons (Fsp3) is 0.346. The van der Waals surface area contributed by atoms with Crippen molar-refractivity contribution in [1.29, 1.82) is 0 Å². The van der Waals surface area contributed by atoms with E-state index in [0.717, 1.165) is 12.3 Å². The average Bonchev–Trinajstić information content (AvgIpc) is 3.63. The molecule has 0 radical (unpaired) electrons. The van der Waals surface area contributed by atoms with Crippen LogP contribution in [0, 0.1) is 17.3 Å². The molecule has 3 atom stereocenters. The number of aliphatic carboxylic acids is 1. The van der Waals surface area contributed by atoms with E-state index in [0.29, 0.717) is 29.2 Å². The molecule has 35 heavy (non-hydrogen) atoms. The fourth-order valence-corrected chi connectivity index (χ4v) is 4.46. The molecule has 6 nitrogen and oxygen atoms in total. The lowest BCUT2D eigenvalue weighted by Crippen LogP contribution is -2.30. The Labute approximate surface area is 199 Å². The third kappa shape index (κ3) is 4.54. The van der Waals surface area contributed by atoms with Gasteiger partial charge in [0.2, 0.25) is 0 Å². The molecule has 0 spiro atoms. The summed E-state index contributed by atoms with van der Waals surface area (Å²) in [4.78, 5) is 28.7. The smallest absolute Gasteiger partial charge is 0.433 e. The molecule has 3 aromatic rings. The minimum absolute atomic E-state index is 0.109. The highest BCUT2D eigenvalue weighted by molar-refractivity contribution is 6.09. The number of Topliss-reactive ketones (excluding diaryl/α,β-unsaturated/α-hetero) is 1. The zero-order valence-electron chi connectivity index (χ0n) is 19.1. The number of carbonyl (C=O) groups excluding carboxylic acids is 1. The molecule has 2 N–H and O–H groups in total. The number of alkyl halides is 3. The second-order valence-corrected chi connectivity index (χ2v) is 9.05. The standard InChI is InChI=1S/C26H24F3NO5/c1-3-25(2,24(33)34)19-10-17(19)22(32)18-11-20(31)15-6-4-5-7-16(15)23(18)35-13-14-8-9-21(30-12-14)26(27,28)29/h4-9,11-12,17,19,31H,3,10,13H2,1-2H3,(H,33,34). The molecule has 9 heteroatoms. The first-order valence-corrected chi connectivity index (χ1v) is 11.1. The minimum atomic E-state index is -4.56. The maximum atomic E-state index is 13.5. The summed E-state index contributed by atoms with van der Waals surface area (Å²) in [6, 6.07) is 10.2. The van der Waals surface area contributed by atoms with Crippen LogP contribution in [0.5, 0.6) is 11.5 Å². The Balaban J connectivity index is 1.67. The lowest BCUT2D eigenvalue weighted by Gasteiger charge is -2.23. The van der Waals surface area contributed by atoms with Crippen molar-refractivity contribution < 1.29 is 37.7 Å². The van der Waals surface area contributed by atoms with E-state index >= 15 is 0 Å². The van der Waals surface area contributed by atoms with E-state index in [4.69, 9.17) is 4.74 Å². The molecular weight excluding hydrogens is 463 g/mol. The van der Waals surface area contributed by atoms with Crippen molar-refractivity contribution >= 4 is 22.5 Å². The topological polar surface area (TPSA) is 96.7 Å². The third-order valence-corrected chi connectivity index (χ3v) is 6.91. The summed E-state index contributed by atoms with van der Waals surface area (Å²) in [6.07, 6.45) is -2.73. The van der Waals surface area contributed by atoms with Gasteiger partial charge in [-0.1, -0.05) is 37.3 Å². The summed E-state index contributed by atoms with van der Waals surface area (Å²) in [6.45, 7) is 3.23. The molecule has 0 aliphatic heterocycles. The molecule has 0 amide bonds. The quantitative estimate of drug-likeness (QED) is 0.387. The summed E-state index contributed by atoms with van der Waals surface area (Å²) in [5, 5.41) is 21.1. The number of ketones is 1. The molecule has 3 unspecified atom stereocenters. The molecule has 1 saturated carbocycles. The van der Waals surface area contributed by atoms with Crippen molar-refractivity contribution in [2.24, 2.45) is 17.3 Å². The molecule has 1 fully saturated rings. The SMILES string of the molecule is CCC(C)(C(=O)O)C1CC1C(=O)c1cc(O)c2ccccc2c1OCc1ccc(C(F)(F)F)nc1. The van der Waals surface area contributed by atoms with Crippen LogP contribution in [0.2, 0.25) is 0 Å². The largest absolute Gasteiger partial charge is 0.507 e. The third-order valence-electron chi connectivity index (χ3n) is 6.91. The number of carboxylic acids is 1. The van der Waals surface area contributed by atoms with E-state index in [2.05, 4.69) is 4.98 Å². The first kappa shape index (κ1) is 24.5. The number of rotatable bonds is 8. The van der Waals surface area contributed by atoms with Gasteiger partial charge in [-0.25, -0.2) is 0 Å². The fourth-order valence-electron chi connectivity index (χ4n) is 4.46. The number of ether oxygens (including phenoxy) is 1. The Morgan fingerprint density at radius 2 is 1.83 bits per heavy atom. The Bertz CT molecular complexity index is 1290. The maximum Gasteiger partial charge on any atom is 0.433 e. The van der Waals surface area contributed by atoms with E-state index < -0.39 is 29.2 Å². The van der Waals surface area contributed by atoms with Gasteiger partial charge in [0.05, 0.1) is 11.0 Å². The predicted molar refractivity (Wildman–Crippen MR) is 121 cm³/mol. The number of phenols is 1. The monoisotopic (exact) mass is 487 g/mol. The molecule has 184 valence electrons. The normalized spacial score (nSPS) is 19.2. The van der Waals surface area contributed by atoms with E-state index in [-0.39, 0.29) is 35.4 Å². The van der Waals surface area contributed by atoms with Gasteiger partial charge in [-0.15, -0.1) is 0 Å². The van der Waals surface area contributed by atoms with Gasteiger partial charge in [0.15, 0.2) is 5.78 Å². The second kappa shape index (κ2) is 8.87. The van der Waals surface area contributed by atoms with Crippen LogP contribution in [0.3, 0.4) is 0 Å². The van der Waals surface area contributed by atoms with Gasteiger partial charge in [0.1, 0.15) is 23.8 Å². The molecular formula is C26H24F3NO5. The zero-order valence-corrected chi connectivity index (χ0v) is 19.1. The van der Waals surface area contributed by atoms with Crippen LogP contribution >= 0.6 is 0 Å². The maximum absolute atomic E-state index is 13.5. The van der Waals surface area contributed by atoms with Crippen molar-refractivity contribution in [2.45, 2.75) is 39.5 Å². The van der Waals surface area contributed by atoms with E-state index in [1.54, 1.807) is 38.1 Å². The van der Waals surface area contributed by atoms with Crippen LogP contribution in [0.4, 0.5) is 13.2 Å². The number of hydrogen-bond acceptors (Lipinski definition) is 5. The van der Waals surface area contributed by atoms with Gasteiger partial charge in [-0.05, 0) is 37.8 Å². The van der Waals surface area contributed by atoms with Crippen LogP contribution in [0.25, 0.3) is 10.8 Å². The highest BCUT2D eigenvalue weighted by Crippen LogP contribution is 2.55. The van der Waals surface area contributed by atoms with Gasteiger partial charge in [-0.2, -0.15) is 13.2 Å². The minimum Gasteiger partial charge on any atom is -0.507 e. The average molecular weight is 487 g/mol. The van der Waals surface area contributed by atoms with Crippen molar-refractivity contribution in [3.05, 3.63) is 65.5 Å². The summed E-state index contributed by atoms with van der Waals surface area (Å²) in [5.74, 6) is -2.13. The number of fused-ring (bicyclic) bond motifs is 1. The Morgan fingerprint density at radius 1 is 1.14 bits per heavy atom. The summed E-state index contributed by atoms with van der Waals surface area (Å²) in [7, 11) is 0. The molecule has 1 aromatic heterocycles. The van der Waals surface area contributed by atoms with Gasteiger partial charge in [-0.3, -0.25) is 14.6 Å². The molecule has 1 heterocycles. The van der Waals surface area contributed by atoms with Crippen LogP contribution in [-0.2, 0) is 17.6 Å². The Morgan fingerprint density at radius 3 is 2.40 bits per heavy atom. The number of pyridine rings is 1. The Kier molecular flexibility index (Phi) is 6.21. The number of nitrogens with zero attached hydrogens (tertiary/aromatic N) is 1. The first-order chi connectivity index (χ1) is 16.5. The van der Waals surface area contributed by atoms with Gasteiger partial charge in [0.25, 0.3) is 0 Å². The Hall–Kier alpha value is -3.62. The number of benzene rings is 2. The van der Waals surface area contributed by atoms with Crippen molar-refractivity contribution in [3.63, 3.8) is 0 Å². The van der Waals surface area contributed by atoms with Crippen LogP contribution in [0.1, 0.15) is 48.3 Å². The van der Waals surface area contributed by atoms with Crippen LogP contribution in [0.15, 0.2) is 48.7 Å². The summed E-state index contributed by atoms with van der Waals surface area (Å²) >= 11 is 0. The molecule has 2 aromatic carbocycles. The first-order valence-electron chi connectivity index (χ1n) is 11.1. The second-order valence-electron chi connectivity index (χ2n) is 9.05. The van der Waals surface area contributed by atoms with Crippen molar-refractivity contribution in [1.82, 2.24) is 4.98 Å². The molecule has 1 aliphatic carbocycles. The predicted octanol–water partition coefficient (Wildman–Crippen LogP) is 5.86. The number of halogens is 3. The number of carbonyl (C=O) groups is 2. The molecule has 0 bridgehead atoms. The molecule has 1 aliphatic rings. The van der Waals surface area contributed by atoms with Crippen molar-refractivity contribution in [3.8, 4) is 11.5 Å². The number of phenolic OH excluding ortho intramolecular Hbond substituents is 1. The molecule has 4 rings (SSSR count). The highest BCUT2D eigenvalue weighted by Gasteiger charge is 2.56. The van der Waals surface area contributed by atoms with Crippen molar-refractivity contribution in [2.75, 3.05) is 0 Å². The number of aromatic hydroxyl groups is 1. The number of carboxylic acid groups (broad SMARTS) is 1. The summed E-state index contributed by atoms with van der Waals surface area (Å²) in [5.41, 5.74) is -1.60. The number of aromatic nitrogens is 1. The molecule has 0 saturated heterocycles. The van der Waals surface area contributed by atoms with E-state index in [9.17, 15) is 33.0 Å². The van der Waals surface area contributed by atoms with Gasteiger partial charge >= 0.3 is 12.1 Å². The lowest BCUT2D eigenvalue weighted by molar-refractivity contribution is -0.149. The van der Waals surface area contributed by atoms with Crippen LogP contribution < -0.4 is 4.74 Å². The van der Waals surface area contributed by atoms with Gasteiger partial charge < -0.3 is 14.9 Å². The zero-order chi connectivity index (χ0) is 25.5. The van der Waals surface area contributed by atoms with Crippen LogP contribution in [-0.4, -0.2) is 26.9 Å². The number of hydrogen-bond donors (Lipinski definition) is 2. The summed E-state index contributed by atoms with van der Waals surface area (Å²) < 4.78 is 44.4. The van der Waals surface area contributed by atoms with E-state index in [1.807, 2.05) is 0 Å². The lowest BCUT2D eigenvalue weighted by atomic mass is 9.80. The van der Waals surface area contributed by atoms with E-state index in [1.165, 1.54) is 12.1 Å². The highest BCUT2D eigenvalue weighted by atomic mass is 19.4.